The van der Waals surface area contributed by atoms with Crippen molar-refractivity contribution in [3.8, 4) is 5.75 Å². The lowest BCUT2D eigenvalue weighted by molar-refractivity contribution is -0.124. The van der Waals surface area contributed by atoms with Gasteiger partial charge < -0.3 is 10.1 Å². The summed E-state index contributed by atoms with van der Waals surface area (Å²) < 4.78 is 5.17. The molecule has 1 N–H and O–H groups in total. The van der Waals surface area contributed by atoms with Crippen LogP contribution in [-0.4, -0.2) is 46.1 Å². The summed E-state index contributed by atoms with van der Waals surface area (Å²) in [5, 5.41) is 3.04. The lowest BCUT2D eigenvalue weighted by Crippen LogP contribution is -2.42. The lowest BCUT2D eigenvalue weighted by Gasteiger charge is -2.27. The first-order chi connectivity index (χ1) is 15.5. The largest absolute Gasteiger partial charge is 0.497 e. The molecular formula is C24H26N4O3S. The topological polar surface area (TPSA) is 83.4 Å². The van der Waals surface area contributed by atoms with Crippen molar-refractivity contribution in [3.63, 3.8) is 0 Å². The molecule has 2 aromatic rings. The number of amidine groups is 2. The van der Waals surface area contributed by atoms with Crippen LogP contribution in [0.15, 0.2) is 58.5 Å². The number of nitrogens with one attached hydrogen (secondary N) is 1. The minimum absolute atomic E-state index is 0.0759. The van der Waals surface area contributed by atoms with Crippen LogP contribution in [0.3, 0.4) is 0 Å². The number of carbonyl (C=O) groups is 2. The summed E-state index contributed by atoms with van der Waals surface area (Å²) in [6.45, 7) is 3.99. The number of hydrogen-bond acceptors (Lipinski definition) is 6. The molecule has 0 radical (unpaired) electrons. The number of ether oxygens (including phenoxy) is 1. The van der Waals surface area contributed by atoms with E-state index in [2.05, 4.69) is 5.32 Å². The SMILES string of the molecule is CCC[C@H]1N=C2c3ccccc3N=C(S[C@@H](CC)C(=O)Nc3ccc(OC)cc3)N2C1=O. The van der Waals surface area contributed by atoms with E-state index >= 15 is 0 Å². The molecule has 0 spiro atoms. The minimum atomic E-state index is -0.416. The Morgan fingerprint density at radius 1 is 1.19 bits per heavy atom. The van der Waals surface area contributed by atoms with Gasteiger partial charge in [0.1, 0.15) is 17.6 Å². The zero-order valence-corrected chi connectivity index (χ0v) is 19.2. The fourth-order valence-electron chi connectivity index (χ4n) is 3.69. The molecule has 2 heterocycles. The predicted octanol–water partition coefficient (Wildman–Crippen LogP) is 4.60. The highest BCUT2D eigenvalue weighted by atomic mass is 32.2. The van der Waals surface area contributed by atoms with Gasteiger partial charge in [0.15, 0.2) is 5.17 Å². The number of anilines is 1. The van der Waals surface area contributed by atoms with Crippen LogP contribution < -0.4 is 10.1 Å². The van der Waals surface area contributed by atoms with E-state index in [1.54, 1.807) is 36.3 Å². The van der Waals surface area contributed by atoms with E-state index in [0.29, 0.717) is 29.5 Å². The summed E-state index contributed by atoms with van der Waals surface area (Å²) in [4.78, 5) is 37.2. The van der Waals surface area contributed by atoms with Crippen molar-refractivity contribution >= 4 is 46.0 Å². The molecule has 2 amide bonds. The molecule has 0 fully saturated rings. The number of thioether (sulfide) groups is 1. The number of amides is 2. The molecule has 7 nitrogen and oxygen atoms in total. The Kier molecular flexibility index (Phi) is 6.60. The van der Waals surface area contributed by atoms with E-state index in [1.165, 1.54) is 11.8 Å². The smallest absolute Gasteiger partial charge is 0.259 e. The monoisotopic (exact) mass is 450 g/mol. The maximum atomic E-state index is 13.1. The van der Waals surface area contributed by atoms with Crippen LogP contribution in [0.2, 0.25) is 0 Å². The zero-order chi connectivity index (χ0) is 22.7. The van der Waals surface area contributed by atoms with Gasteiger partial charge >= 0.3 is 0 Å². The Morgan fingerprint density at radius 3 is 2.62 bits per heavy atom. The van der Waals surface area contributed by atoms with Gasteiger partial charge in [0.25, 0.3) is 5.91 Å². The molecular weight excluding hydrogens is 424 g/mol. The lowest BCUT2D eigenvalue weighted by atomic mass is 10.1. The highest BCUT2D eigenvalue weighted by Crippen LogP contribution is 2.36. The normalized spacial score (nSPS) is 17.8. The molecule has 32 heavy (non-hydrogen) atoms. The highest BCUT2D eigenvalue weighted by molar-refractivity contribution is 8.15. The van der Waals surface area contributed by atoms with Gasteiger partial charge in [-0.15, -0.1) is 0 Å². The van der Waals surface area contributed by atoms with E-state index in [4.69, 9.17) is 14.7 Å². The Bertz CT molecular complexity index is 1080. The standard InChI is InChI=1S/C24H26N4O3S/c1-4-8-19-23(30)28-21(26-19)17-9-6-7-10-18(17)27-24(28)32-20(5-2)22(29)25-15-11-13-16(31-3)14-12-15/h6-7,9-14,19-20H,4-5,8H2,1-3H3,(H,25,29)/t19-,20+/m1/s1. The van der Waals surface area contributed by atoms with E-state index in [0.717, 1.165) is 23.4 Å². The molecule has 0 saturated heterocycles. The molecule has 0 unspecified atom stereocenters. The van der Waals surface area contributed by atoms with Gasteiger partial charge in [-0.1, -0.05) is 44.2 Å². The number of rotatable bonds is 7. The third-order valence-corrected chi connectivity index (χ3v) is 6.69. The van der Waals surface area contributed by atoms with Crippen molar-refractivity contribution in [2.45, 2.75) is 44.4 Å². The number of hydrogen-bond donors (Lipinski definition) is 1. The van der Waals surface area contributed by atoms with Crippen LogP contribution in [0, 0.1) is 0 Å². The molecule has 2 aliphatic heterocycles. The van der Waals surface area contributed by atoms with E-state index in [1.807, 2.05) is 38.1 Å². The predicted molar refractivity (Wildman–Crippen MR) is 129 cm³/mol. The third kappa shape index (κ3) is 4.27. The second kappa shape index (κ2) is 9.56. The third-order valence-electron chi connectivity index (χ3n) is 5.38. The minimum Gasteiger partial charge on any atom is -0.497 e. The molecule has 0 bridgehead atoms. The summed E-state index contributed by atoms with van der Waals surface area (Å²) in [6.07, 6.45) is 2.14. The Labute approximate surface area is 192 Å². The van der Waals surface area contributed by atoms with Crippen molar-refractivity contribution in [2.24, 2.45) is 9.98 Å². The summed E-state index contributed by atoms with van der Waals surface area (Å²) in [6, 6.07) is 14.5. The highest BCUT2D eigenvalue weighted by Gasteiger charge is 2.41. The van der Waals surface area contributed by atoms with Crippen LogP contribution in [-0.2, 0) is 9.59 Å². The molecule has 166 valence electrons. The van der Waals surface area contributed by atoms with Crippen LogP contribution >= 0.6 is 11.8 Å². The van der Waals surface area contributed by atoms with Gasteiger partial charge in [-0.3, -0.25) is 14.6 Å². The van der Waals surface area contributed by atoms with Gasteiger partial charge in [0.05, 0.1) is 18.0 Å². The van der Waals surface area contributed by atoms with Crippen LogP contribution in [0.5, 0.6) is 5.75 Å². The first-order valence-electron chi connectivity index (χ1n) is 10.8. The van der Waals surface area contributed by atoms with Crippen molar-refractivity contribution in [1.29, 1.82) is 0 Å². The van der Waals surface area contributed by atoms with Crippen molar-refractivity contribution in [2.75, 3.05) is 12.4 Å². The summed E-state index contributed by atoms with van der Waals surface area (Å²) >= 11 is 1.30. The number of benzene rings is 2. The summed E-state index contributed by atoms with van der Waals surface area (Å²) in [5.41, 5.74) is 2.30. The second-order valence-electron chi connectivity index (χ2n) is 7.57. The number of carbonyl (C=O) groups excluding carboxylic acids is 2. The molecule has 2 aliphatic rings. The molecule has 0 aromatic heterocycles. The fraction of sp³-hybridized carbons (Fsp3) is 0.333. The second-order valence-corrected chi connectivity index (χ2v) is 8.74. The Balaban J connectivity index is 1.58. The van der Waals surface area contributed by atoms with Crippen molar-refractivity contribution < 1.29 is 14.3 Å². The quantitative estimate of drug-likeness (QED) is 0.668. The maximum Gasteiger partial charge on any atom is 0.259 e. The average Bonchev–Trinajstić information content (AvgIpc) is 3.14. The van der Waals surface area contributed by atoms with Gasteiger partial charge in [0, 0.05) is 11.3 Å². The van der Waals surface area contributed by atoms with E-state index < -0.39 is 11.3 Å². The summed E-state index contributed by atoms with van der Waals surface area (Å²) in [7, 11) is 1.60. The molecule has 8 heteroatoms. The Morgan fingerprint density at radius 2 is 1.94 bits per heavy atom. The van der Waals surface area contributed by atoms with Gasteiger partial charge in [-0.25, -0.2) is 9.89 Å². The number of methoxy groups -OCH3 is 1. The molecule has 2 aromatic carbocycles. The Hall–Kier alpha value is -3.13. The van der Waals surface area contributed by atoms with E-state index in [9.17, 15) is 9.59 Å². The maximum absolute atomic E-state index is 13.1. The van der Waals surface area contributed by atoms with Gasteiger partial charge in [0.2, 0.25) is 5.91 Å². The van der Waals surface area contributed by atoms with Crippen molar-refractivity contribution in [1.82, 2.24) is 4.90 Å². The molecule has 0 saturated carbocycles. The first kappa shape index (κ1) is 22.1. The zero-order valence-electron chi connectivity index (χ0n) is 18.4. The number of fused-ring (bicyclic) bond motifs is 3. The number of aliphatic imine (C=N–C) groups is 2. The number of para-hydroxylation sites is 1. The van der Waals surface area contributed by atoms with Crippen LogP contribution in [0.25, 0.3) is 0 Å². The molecule has 2 atom stereocenters. The first-order valence-corrected chi connectivity index (χ1v) is 11.6. The molecule has 0 aliphatic carbocycles. The van der Waals surface area contributed by atoms with Gasteiger partial charge in [-0.05, 0) is 49.2 Å². The van der Waals surface area contributed by atoms with Crippen LogP contribution in [0.4, 0.5) is 11.4 Å². The molecule has 4 rings (SSSR count). The summed E-state index contributed by atoms with van der Waals surface area (Å²) in [5.74, 6) is 1.14. The van der Waals surface area contributed by atoms with Crippen LogP contribution in [0.1, 0.15) is 38.7 Å². The number of nitrogens with zero attached hydrogens (tertiary/aromatic N) is 3. The van der Waals surface area contributed by atoms with Crippen molar-refractivity contribution in [3.05, 3.63) is 54.1 Å². The average molecular weight is 451 g/mol. The van der Waals surface area contributed by atoms with E-state index in [-0.39, 0.29) is 11.8 Å². The van der Waals surface area contributed by atoms with Gasteiger partial charge in [-0.2, -0.15) is 0 Å². The fourth-order valence-corrected chi connectivity index (χ4v) is 4.71.